The van der Waals surface area contributed by atoms with Crippen LogP contribution < -0.4 is 15.8 Å². The minimum absolute atomic E-state index is 0.171. The Kier molecular flexibility index (Phi) is 7.40. The number of ether oxygens (including phenoxy) is 2. The molecule has 2 aromatic carbocycles. The third-order valence-corrected chi connectivity index (χ3v) is 4.72. The van der Waals surface area contributed by atoms with Crippen LogP contribution in [-0.2, 0) is 17.8 Å². The molecule has 0 saturated carbocycles. The molecule has 2 atom stereocenters. The van der Waals surface area contributed by atoms with E-state index in [9.17, 15) is 13.2 Å². The van der Waals surface area contributed by atoms with Crippen LogP contribution in [0.3, 0.4) is 0 Å². The van der Waals surface area contributed by atoms with Gasteiger partial charge in [0.1, 0.15) is 5.75 Å². The van der Waals surface area contributed by atoms with Gasteiger partial charge in [0.25, 0.3) is 0 Å². The van der Waals surface area contributed by atoms with Crippen LogP contribution >= 0.6 is 0 Å². The molecule has 0 spiro atoms. The molecule has 31 heavy (non-hydrogen) atoms. The number of nitrogens with one attached hydrogen (secondary N) is 1. The normalized spacial score (nSPS) is 20.5. The number of nitrogens with two attached hydrogens (primary N) is 1. The molecule has 6 nitrogen and oxygen atoms in total. The molecule has 1 aliphatic rings. The molecule has 0 radical (unpaired) electrons. The van der Waals surface area contributed by atoms with E-state index in [1.165, 1.54) is 29.8 Å². The summed E-state index contributed by atoms with van der Waals surface area (Å²) in [6.07, 6.45) is -4.24. The fourth-order valence-electron chi connectivity index (χ4n) is 3.53. The quantitative estimate of drug-likeness (QED) is 0.527. The van der Waals surface area contributed by atoms with Gasteiger partial charge in [0.05, 0.1) is 18.8 Å². The van der Waals surface area contributed by atoms with Crippen molar-refractivity contribution in [3.63, 3.8) is 0 Å². The molecule has 1 aliphatic heterocycles. The topological polar surface area (TPSA) is 72.1 Å². The first kappa shape index (κ1) is 22.9. The highest BCUT2D eigenvalue weighted by atomic mass is 19.4. The molecule has 2 unspecified atom stereocenters. The van der Waals surface area contributed by atoms with E-state index in [1.54, 1.807) is 0 Å². The number of morpholine rings is 1. The van der Waals surface area contributed by atoms with Crippen molar-refractivity contribution in [3.8, 4) is 5.75 Å². The summed E-state index contributed by atoms with van der Waals surface area (Å²) in [4.78, 5) is 6.67. The van der Waals surface area contributed by atoms with E-state index < -0.39 is 6.36 Å². The summed E-state index contributed by atoms with van der Waals surface area (Å²) >= 11 is 0. The smallest absolute Gasteiger partial charge is 0.406 e. The van der Waals surface area contributed by atoms with E-state index in [0.29, 0.717) is 12.2 Å². The van der Waals surface area contributed by atoms with E-state index in [-0.39, 0.29) is 23.9 Å². The predicted molar refractivity (Wildman–Crippen MR) is 114 cm³/mol. The van der Waals surface area contributed by atoms with E-state index in [1.807, 2.05) is 12.1 Å². The maximum atomic E-state index is 12.2. The Labute approximate surface area is 179 Å². The van der Waals surface area contributed by atoms with Gasteiger partial charge in [0, 0.05) is 25.3 Å². The third kappa shape index (κ3) is 7.76. The van der Waals surface area contributed by atoms with E-state index >= 15 is 0 Å². The highest BCUT2D eigenvalue weighted by molar-refractivity contribution is 5.92. The maximum absolute atomic E-state index is 12.2. The van der Waals surface area contributed by atoms with Crippen LogP contribution in [0.25, 0.3) is 0 Å². The number of guanidine groups is 1. The van der Waals surface area contributed by atoms with Gasteiger partial charge in [-0.15, -0.1) is 13.2 Å². The molecule has 3 rings (SSSR count). The Balaban J connectivity index is 1.49. The number of nitrogens with zero attached hydrogens (tertiary/aromatic N) is 2. The van der Waals surface area contributed by atoms with Crippen LogP contribution in [0.5, 0.6) is 5.75 Å². The zero-order valence-electron chi connectivity index (χ0n) is 17.5. The van der Waals surface area contributed by atoms with Crippen LogP contribution in [0, 0.1) is 0 Å². The minimum Gasteiger partial charge on any atom is -0.406 e. The number of hydrogen-bond acceptors (Lipinski definition) is 4. The van der Waals surface area contributed by atoms with Gasteiger partial charge in [-0.05, 0) is 49.2 Å². The van der Waals surface area contributed by atoms with Gasteiger partial charge < -0.3 is 20.5 Å². The lowest BCUT2D eigenvalue weighted by molar-refractivity contribution is -0.274. The Morgan fingerprint density at radius 1 is 1.06 bits per heavy atom. The fraction of sp³-hybridized carbons (Fsp3) is 0.409. The Morgan fingerprint density at radius 3 is 2.23 bits per heavy atom. The predicted octanol–water partition coefficient (Wildman–Crippen LogP) is 4.12. The van der Waals surface area contributed by atoms with Gasteiger partial charge in [-0.25, -0.2) is 4.99 Å². The van der Waals surface area contributed by atoms with Gasteiger partial charge >= 0.3 is 6.36 Å². The van der Waals surface area contributed by atoms with Crippen LogP contribution in [0.4, 0.5) is 18.9 Å². The summed E-state index contributed by atoms with van der Waals surface area (Å²) in [5.74, 6) is -0.125. The van der Waals surface area contributed by atoms with Gasteiger partial charge in [-0.1, -0.05) is 24.3 Å². The summed E-state index contributed by atoms with van der Waals surface area (Å²) in [5.41, 5.74) is 8.63. The van der Waals surface area contributed by atoms with Crippen LogP contribution in [-0.4, -0.2) is 42.5 Å². The number of halogens is 3. The number of hydrogen-bond donors (Lipinski definition) is 2. The lowest BCUT2D eigenvalue weighted by Crippen LogP contribution is -2.44. The Hall–Kier alpha value is -2.78. The highest BCUT2D eigenvalue weighted by Crippen LogP contribution is 2.24. The maximum Gasteiger partial charge on any atom is 0.573 e. The number of aliphatic imine (C=N–C) groups is 1. The van der Waals surface area contributed by atoms with Crippen molar-refractivity contribution in [3.05, 3.63) is 59.7 Å². The summed E-state index contributed by atoms with van der Waals surface area (Å²) in [6, 6.07) is 13.5. The van der Waals surface area contributed by atoms with Crippen molar-refractivity contribution in [2.45, 2.75) is 45.5 Å². The van der Waals surface area contributed by atoms with Gasteiger partial charge in [-0.3, -0.25) is 4.90 Å². The average Bonchev–Trinajstić information content (AvgIpc) is 2.67. The van der Waals surface area contributed by atoms with Crippen LogP contribution in [0.2, 0.25) is 0 Å². The van der Waals surface area contributed by atoms with E-state index in [0.717, 1.165) is 25.2 Å². The van der Waals surface area contributed by atoms with E-state index in [2.05, 4.69) is 45.9 Å². The number of benzene rings is 2. The average molecular weight is 436 g/mol. The summed E-state index contributed by atoms with van der Waals surface area (Å²) in [6.45, 7) is 7.28. The fourth-order valence-corrected chi connectivity index (χ4v) is 3.53. The molecule has 1 heterocycles. The monoisotopic (exact) mass is 436 g/mol. The Morgan fingerprint density at radius 2 is 1.65 bits per heavy atom. The second-order valence-electron chi connectivity index (χ2n) is 7.67. The standard InChI is InChI=1S/C22H27F3N4O2/c1-15-12-29(13-16(2)30-15)14-18-5-3-17(4-6-18)11-27-21(26)28-19-7-9-20(10-8-19)31-22(23,24)25/h3-10,15-16H,11-14H2,1-2H3,(H3,26,27,28). The lowest BCUT2D eigenvalue weighted by Gasteiger charge is -2.35. The van der Waals surface area contributed by atoms with Crippen molar-refractivity contribution in [1.29, 1.82) is 0 Å². The number of anilines is 1. The van der Waals surface area contributed by atoms with Crippen molar-refractivity contribution in [2.24, 2.45) is 10.7 Å². The van der Waals surface area contributed by atoms with Crippen LogP contribution in [0.15, 0.2) is 53.5 Å². The van der Waals surface area contributed by atoms with Gasteiger partial charge in [-0.2, -0.15) is 0 Å². The molecule has 1 saturated heterocycles. The van der Waals surface area contributed by atoms with Gasteiger partial charge in [0.2, 0.25) is 0 Å². The zero-order valence-corrected chi connectivity index (χ0v) is 17.5. The Bertz CT molecular complexity index is 860. The molecular weight excluding hydrogens is 409 g/mol. The lowest BCUT2D eigenvalue weighted by atomic mass is 10.1. The van der Waals surface area contributed by atoms with Gasteiger partial charge in [0.15, 0.2) is 5.96 Å². The molecule has 0 aliphatic carbocycles. The first-order valence-corrected chi connectivity index (χ1v) is 10.0. The molecule has 2 aromatic rings. The first-order chi connectivity index (χ1) is 14.7. The third-order valence-electron chi connectivity index (χ3n) is 4.72. The zero-order chi connectivity index (χ0) is 22.4. The number of rotatable bonds is 6. The van der Waals surface area contributed by atoms with Crippen molar-refractivity contribution in [1.82, 2.24) is 4.90 Å². The van der Waals surface area contributed by atoms with Crippen molar-refractivity contribution in [2.75, 3.05) is 18.4 Å². The summed E-state index contributed by atoms with van der Waals surface area (Å²) in [5, 5.41) is 2.85. The number of alkyl halides is 3. The largest absolute Gasteiger partial charge is 0.573 e. The van der Waals surface area contributed by atoms with Crippen molar-refractivity contribution < 1.29 is 22.6 Å². The molecule has 3 N–H and O–H groups in total. The second-order valence-corrected chi connectivity index (χ2v) is 7.67. The molecule has 168 valence electrons. The SMILES string of the molecule is CC1CN(Cc2ccc(CN=C(N)Nc3ccc(OC(F)(F)F)cc3)cc2)CC(C)O1. The minimum atomic E-state index is -4.72. The highest BCUT2D eigenvalue weighted by Gasteiger charge is 2.31. The van der Waals surface area contributed by atoms with Crippen LogP contribution in [0.1, 0.15) is 25.0 Å². The summed E-state index contributed by atoms with van der Waals surface area (Å²) < 4.78 is 46.2. The molecule has 0 bridgehead atoms. The molecular formula is C22H27F3N4O2. The molecule has 0 aromatic heterocycles. The van der Waals surface area contributed by atoms with Crippen molar-refractivity contribution >= 4 is 11.6 Å². The molecule has 1 fully saturated rings. The molecule has 0 amide bonds. The summed E-state index contributed by atoms with van der Waals surface area (Å²) in [7, 11) is 0. The second kappa shape index (κ2) is 10.0. The first-order valence-electron chi connectivity index (χ1n) is 10.0. The van der Waals surface area contributed by atoms with E-state index in [4.69, 9.17) is 10.5 Å². The molecule has 9 heteroatoms.